The first kappa shape index (κ1) is 26.0. The van der Waals surface area contributed by atoms with E-state index in [4.69, 9.17) is 4.74 Å². The molecule has 3 aromatic carbocycles. The minimum atomic E-state index is -0.854. The van der Waals surface area contributed by atoms with Crippen molar-refractivity contribution in [3.8, 4) is 5.75 Å². The summed E-state index contributed by atoms with van der Waals surface area (Å²) >= 11 is 0. The highest BCUT2D eigenvalue weighted by Crippen LogP contribution is 2.35. The average Bonchev–Trinajstić information content (AvgIpc) is 3.38. The van der Waals surface area contributed by atoms with Gasteiger partial charge in [-0.1, -0.05) is 35.9 Å². The Morgan fingerprint density at radius 2 is 1.82 bits per heavy atom. The van der Waals surface area contributed by atoms with Crippen molar-refractivity contribution in [1.82, 2.24) is 19.9 Å². The molecule has 8 heteroatoms. The molecule has 1 unspecified atom stereocenters. The van der Waals surface area contributed by atoms with E-state index in [1.54, 1.807) is 0 Å². The van der Waals surface area contributed by atoms with E-state index in [0.717, 1.165) is 77.7 Å². The molecular weight excluding hydrogens is 504 g/mol. The van der Waals surface area contributed by atoms with Crippen LogP contribution in [-0.2, 0) is 24.3 Å². The molecule has 0 fully saturated rings. The summed E-state index contributed by atoms with van der Waals surface area (Å²) in [4.78, 5) is 27.3. The van der Waals surface area contributed by atoms with E-state index in [0.29, 0.717) is 25.3 Å². The van der Waals surface area contributed by atoms with Crippen molar-refractivity contribution in [3.05, 3.63) is 88.0 Å². The molecule has 0 saturated heterocycles. The molecule has 40 heavy (non-hydrogen) atoms. The number of carbonyl (C=O) groups is 2. The molecule has 0 spiro atoms. The summed E-state index contributed by atoms with van der Waals surface area (Å²) in [6, 6.07) is 17.7. The van der Waals surface area contributed by atoms with Gasteiger partial charge in [-0.2, -0.15) is 0 Å². The van der Waals surface area contributed by atoms with Crippen LogP contribution < -0.4 is 4.74 Å². The number of benzene rings is 3. The minimum absolute atomic E-state index is 0.00698. The van der Waals surface area contributed by atoms with Gasteiger partial charge in [-0.05, 0) is 90.8 Å². The minimum Gasteiger partial charge on any atom is -0.494 e. The summed E-state index contributed by atoms with van der Waals surface area (Å²) in [5.41, 5.74) is 7.55. The van der Waals surface area contributed by atoms with Gasteiger partial charge >= 0.3 is 5.97 Å². The van der Waals surface area contributed by atoms with Crippen molar-refractivity contribution in [2.24, 2.45) is 0 Å². The third-order valence-electron chi connectivity index (χ3n) is 8.30. The maximum Gasteiger partial charge on any atom is 0.304 e. The number of nitrogens with zero attached hydrogens (tertiary/aromatic N) is 4. The number of rotatable bonds is 2. The van der Waals surface area contributed by atoms with Crippen LogP contribution in [0.3, 0.4) is 0 Å². The van der Waals surface area contributed by atoms with E-state index in [2.05, 4.69) is 22.4 Å². The van der Waals surface area contributed by atoms with Gasteiger partial charge in [0.15, 0.2) is 0 Å². The molecule has 5 aliphatic heterocycles. The Hall–Kier alpha value is -4.20. The monoisotopic (exact) mass is 538 g/mol. The SMILES string of the molecule is Cc1c2ccc3c1nnn3CCCCCCOc1ccc(cc1)C(=O)N1CCc3ccc(cc3C1)C2CC(=O)O. The molecule has 9 rings (SSSR count). The fourth-order valence-electron chi connectivity index (χ4n) is 6.06. The van der Waals surface area contributed by atoms with E-state index in [1.807, 2.05) is 59.0 Å². The van der Waals surface area contributed by atoms with Gasteiger partial charge in [0.2, 0.25) is 0 Å². The van der Waals surface area contributed by atoms with Crippen LogP contribution >= 0.6 is 0 Å². The van der Waals surface area contributed by atoms with Crippen molar-refractivity contribution < 1.29 is 19.4 Å². The molecular formula is C32H34N4O4. The van der Waals surface area contributed by atoms with Crippen molar-refractivity contribution in [1.29, 1.82) is 0 Å². The Labute approximate surface area is 233 Å². The van der Waals surface area contributed by atoms with Crippen molar-refractivity contribution in [2.45, 2.75) is 64.5 Å². The molecule has 1 aromatic heterocycles. The lowest BCUT2D eigenvalue weighted by molar-refractivity contribution is -0.137. The summed E-state index contributed by atoms with van der Waals surface area (Å²) in [5.74, 6) is -0.422. The first-order valence-electron chi connectivity index (χ1n) is 14.2. The lowest BCUT2D eigenvalue weighted by Crippen LogP contribution is -2.36. The highest BCUT2D eigenvalue weighted by Gasteiger charge is 2.26. The number of amides is 1. The van der Waals surface area contributed by atoms with Crippen LogP contribution in [-0.4, -0.2) is 50.0 Å². The van der Waals surface area contributed by atoms with E-state index < -0.39 is 5.97 Å². The van der Waals surface area contributed by atoms with Gasteiger partial charge in [-0.3, -0.25) is 9.59 Å². The zero-order valence-electron chi connectivity index (χ0n) is 22.8. The predicted octanol–water partition coefficient (Wildman–Crippen LogP) is 5.50. The Bertz CT molecular complexity index is 1560. The van der Waals surface area contributed by atoms with Crippen LogP contribution in [0.1, 0.15) is 76.2 Å². The number of hydrogen-bond donors (Lipinski definition) is 1. The first-order chi connectivity index (χ1) is 19.5. The third-order valence-corrected chi connectivity index (χ3v) is 8.30. The number of ether oxygens (including phenoxy) is 1. The summed E-state index contributed by atoms with van der Waals surface area (Å²) in [6.45, 7) is 4.58. The summed E-state index contributed by atoms with van der Waals surface area (Å²) in [5, 5.41) is 18.8. The maximum absolute atomic E-state index is 13.4. The first-order valence-corrected chi connectivity index (χ1v) is 14.2. The van der Waals surface area contributed by atoms with E-state index in [-0.39, 0.29) is 18.2 Å². The van der Waals surface area contributed by atoms with Gasteiger partial charge in [0, 0.05) is 31.1 Å². The molecule has 4 aromatic rings. The molecule has 0 radical (unpaired) electrons. The van der Waals surface area contributed by atoms with E-state index >= 15 is 0 Å². The van der Waals surface area contributed by atoms with Gasteiger partial charge in [-0.15, -0.1) is 5.10 Å². The van der Waals surface area contributed by atoms with Crippen LogP contribution in [0.4, 0.5) is 0 Å². The maximum atomic E-state index is 13.4. The topological polar surface area (TPSA) is 97.5 Å². The second-order valence-electron chi connectivity index (χ2n) is 10.9. The summed E-state index contributed by atoms with van der Waals surface area (Å²) in [7, 11) is 0. The molecule has 0 saturated carbocycles. The van der Waals surface area contributed by atoms with Gasteiger partial charge in [0.05, 0.1) is 18.5 Å². The Kier molecular flexibility index (Phi) is 7.24. The lowest BCUT2D eigenvalue weighted by atomic mass is 9.83. The zero-order valence-corrected chi connectivity index (χ0v) is 22.8. The van der Waals surface area contributed by atoms with Crippen molar-refractivity contribution >= 4 is 22.9 Å². The number of hydrogen-bond acceptors (Lipinski definition) is 5. The third kappa shape index (κ3) is 5.18. The van der Waals surface area contributed by atoms with Gasteiger partial charge < -0.3 is 14.7 Å². The predicted molar refractivity (Wildman–Crippen MR) is 152 cm³/mol. The number of carboxylic acids is 1. The smallest absolute Gasteiger partial charge is 0.304 e. The average molecular weight is 539 g/mol. The highest BCUT2D eigenvalue weighted by atomic mass is 16.5. The molecule has 5 aliphatic rings. The van der Waals surface area contributed by atoms with Gasteiger partial charge in [0.25, 0.3) is 5.91 Å². The fourth-order valence-corrected chi connectivity index (χ4v) is 6.06. The summed E-state index contributed by atoms with van der Waals surface area (Å²) < 4.78 is 7.87. The Morgan fingerprint density at radius 3 is 2.65 bits per heavy atom. The van der Waals surface area contributed by atoms with Gasteiger partial charge in [0.1, 0.15) is 11.3 Å². The number of carboxylic acid groups (broad SMARTS) is 1. The van der Waals surface area contributed by atoms with Crippen molar-refractivity contribution in [3.63, 3.8) is 0 Å². The molecule has 9 bridgehead atoms. The molecule has 206 valence electrons. The largest absolute Gasteiger partial charge is 0.494 e. The quantitative estimate of drug-likeness (QED) is 0.362. The second kappa shape index (κ2) is 11.1. The van der Waals surface area contributed by atoms with Crippen LogP contribution in [0.25, 0.3) is 11.0 Å². The Balaban J connectivity index is 1.39. The molecule has 1 N–H and O–H groups in total. The summed E-state index contributed by atoms with van der Waals surface area (Å²) in [6.07, 6.45) is 4.80. The normalized spacial score (nSPS) is 18.0. The van der Waals surface area contributed by atoms with Crippen LogP contribution in [0.2, 0.25) is 0 Å². The van der Waals surface area contributed by atoms with E-state index in [1.165, 1.54) is 5.56 Å². The van der Waals surface area contributed by atoms with E-state index in [9.17, 15) is 14.7 Å². The Morgan fingerprint density at radius 1 is 1.00 bits per heavy atom. The number of aryl methyl sites for hydroxylation is 2. The van der Waals surface area contributed by atoms with Gasteiger partial charge in [-0.25, -0.2) is 4.68 Å². The van der Waals surface area contributed by atoms with Crippen LogP contribution in [0.15, 0.2) is 54.6 Å². The molecule has 0 aliphatic carbocycles. The van der Waals surface area contributed by atoms with Crippen molar-refractivity contribution in [2.75, 3.05) is 13.2 Å². The zero-order chi connectivity index (χ0) is 27.6. The number of aromatic nitrogens is 3. The fraction of sp³-hybridized carbons (Fsp3) is 0.375. The second-order valence-corrected chi connectivity index (χ2v) is 10.9. The molecule has 1 atom stereocenters. The number of aliphatic carboxylic acids is 1. The number of carbonyl (C=O) groups excluding carboxylic acids is 1. The van der Waals surface area contributed by atoms with Crippen LogP contribution in [0, 0.1) is 6.92 Å². The molecule has 8 nitrogen and oxygen atoms in total. The lowest BCUT2D eigenvalue weighted by Gasteiger charge is -2.30. The van der Waals surface area contributed by atoms with Crippen LogP contribution in [0.5, 0.6) is 5.75 Å². The molecule has 6 heterocycles. The molecule has 1 amide bonds. The standard InChI is InChI=1S/C32H34N4O4/c1-21-27-12-13-29-31(21)33-34-36(29)15-4-2-3-5-17-40-26-10-8-23(9-11-26)32(39)35-16-14-22-6-7-24(18-25(22)20-35)28(27)19-30(37)38/h6-13,18,28H,2-5,14-17,19-20H2,1H3,(H,37,38). The highest BCUT2D eigenvalue weighted by molar-refractivity contribution is 5.94.